The Kier molecular flexibility index (Phi) is 5.27. The topological polar surface area (TPSA) is 99.2 Å². The van der Waals surface area contributed by atoms with E-state index in [4.69, 9.17) is 5.26 Å². The number of nitro benzene ring substituents is 1. The molecule has 0 aliphatic rings. The van der Waals surface area contributed by atoms with Gasteiger partial charge in [-0.1, -0.05) is 19.9 Å². The van der Waals surface area contributed by atoms with Crippen molar-refractivity contribution in [1.82, 2.24) is 0 Å². The van der Waals surface area contributed by atoms with Gasteiger partial charge in [-0.15, -0.1) is 0 Å². The number of benzene rings is 1. The minimum atomic E-state index is -0.588. The van der Waals surface area contributed by atoms with Gasteiger partial charge in [0.1, 0.15) is 17.3 Å². The van der Waals surface area contributed by atoms with Crippen LogP contribution in [-0.2, 0) is 0 Å². The molecule has 1 atom stereocenters. The number of rotatable bonds is 6. The van der Waals surface area contributed by atoms with Crippen molar-refractivity contribution in [3.63, 3.8) is 0 Å². The van der Waals surface area contributed by atoms with Crippen LogP contribution in [0.25, 0.3) is 0 Å². The fraction of sp³-hybridized carbons (Fsp3) is 0.462. The zero-order valence-corrected chi connectivity index (χ0v) is 11.0. The standard InChI is InChI=1S/C13H17N3O3/c1-9(2)6-11(17)8-15-12-5-3-4-10(7-14)13(12)16(18)19/h3-5,9,11,15,17H,6,8H2,1-2H3. The van der Waals surface area contributed by atoms with E-state index in [9.17, 15) is 15.2 Å². The van der Waals surface area contributed by atoms with Crippen molar-refractivity contribution in [2.45, 2.75) is 26.4 Å². The molecule has 1 rings (SSSR count). The van der Waals surface area contributed by atoms with Crippen molar-refractivity contribution in [2.75, 3.05) is 11.9 Å². The number of nitrogens with one attached hydrogen (secondary N) is 1. The van der Waals surface area contributed by atoms with Gasteiger partial charge in [-0.25, -0.2) is 0 Å². The first-order chi connectivity index (χ1) is 8.95. The second-order valence-corrected chi connectivity index (χ2v) is 4.73. The van der Waals surface area contributed by atoms with Gasteiger partial charge in [0, 0.05) is 6.54 Å². The van der Waals surface area contributed by atoms with Crippen molar-refractivity contribution in [1.29, 1.82) is 5.26 Å². The molecule has 0 aliphatic heterocycles. The van der Waals surface area contributed by atoms with Crippen LogP contribution in [0.15, 0.2) is 18.2 Å². The van der Waals surface area contributed by atoms with Crippen LogP contribution in [-0.4, -0.2) is 22.7 Å². The normalized spacial score (nSPS) is 11.9. The van der Waals surface area contributed by atoms with E-state index in [2.05, 4.69) is 5.32 Å². The molecular formula is C13H17N3O3. The van der Waals surface area contributed by atoms with E-state index in [1.165, 1.54) is 12.1 Å². The summed E-state index contributed by atoms with van der Waals surface area (Å²) in [5, 5.41) is 32.4. The fourth-order valence-corrected chi connectivity index (χ4v) is 1.83. The summed E-state index contributed by atoms with van der Waals surface area (Å²) >= 11 is 0. The molecule has 0 saturated heterocycles. The molecule has 0 heterocycles. The maximum Gasteiger partial charge on any atom is 0.309 e. The third-order valence-electron chi connectivity index (χ3n) is 2.61. The van der Waals surface area contributed by atoms with Crippen molar-refractivity contribution < 1.29 is 10.0 Å². The van der Waals surface area contributed by atoms with Gasteiger partial charge in [-0.05, 0) is 24.5 Å². The molecule has 6 nitrogen and oxygen atoms in total. The minimum Gasteiger partial charge on any atom is -0.391 e. The van der Waals surface area contributed by atoms with Gasteiger partial charge in [0.15, 0.2) is 0 Å². The first-order valence-electron chi connectivity index (χ1n) is 6.05. The van der Waals surface area contributed by atoms with Gasteiger partial charge >= 0.3 is 5.69 Å². The van der Waals surface area contributed by atoms with Gasteiger partial charge in [-0.2, -0.15) is 5.26 Å². The Morgan fingerprint density at radius 1 is 1.53 bits per heavy atom. The van der Waals surface area contributed by atoms with Crippen molar-refractivity contribution >= 4 is 11.4 Å². The number of nitro groups is 1. The molecule has 0 radical (unpaired) electrons. The van der Waals surface area contributed by atoms with Gasteiger partial charge < -0.3 is 10.4 Å². The molecule has 0 saturated carbocycles. The number of aliphatic hydroxyl groups is 1. The highest BCUT2D eigenvalue weighted by atomic mass is 16.6. The molecule has 0 amide bonds. The summed E-state index contributed by atoms with van der Waals surface area (Å²) in [6.45, 7) is 4.19. The number of hydrogen-bond donors (Lipinski definition) is 2. The van der Waals surface area contributed by atoms with Gasteiger partial charge in [0.2, 0.25) is 0 Å². The van der Waals surface area contributed by atoms with Crippen LogP contribution < -0.4 is 5.32 Å². The van der Waals surface area contributed by atoms with Crippen LogP contribution >= 0.6 is 0 Å². The SMILES string of the molecule is CC(C)CC(O)CNc1cccc(C#N)c1[N+](=O)[O-]. The molecule has 0 fully saturated rings. The minimum absolute atomic E-state index is 0.00773. The van der Waals surface area contributed by atoms with Gasteiger partial charge in [0.05, 0.1) is 11.0 Å². The first kappa shape index (κ1) is 14.9. The van der Waals surface area contributed by atoms with E-state index in [1.807, 2.05) is 13.8 Å². The Morgan fingerprint density at radius 3 is 2.74 bits per heavy atom. The summed E-state index contributed by atoms with van der Waals surface area (Å²) in [7, 11) is 0. The number of aliphatic hydroxyl groups excluding tert-OH is 1. The molecule has 102 valence electrons. The molecular weight excluding hydrogens is 246 g/mol. The molecule has 0 bridgehead atoms. The molecule has 2 N–H and O–H groups in total. The van der Waals surface area contributed by atoms with Crippen molar-refractivity contribution in [3.8, 4) is 6.07 Å². The van der Waals surface area contributed by atoms with Crippen LogP contribution in [0, 0.1) is 27.4 Å². The number of nitriles is 1. The van der Waals surface area contributed by atoms with Crippen LogP contribution in [0.3, 0.4) is 0 Å². The zero-order chi connectivity index (χ0) is 14.4. The maximum atomic E-state index is 11.0. The Morgan fingerprint density at radius 2 is 2.21 bits per heavy atom. The lowest BCUT2D eigenvalue weighted by molar-refractivity contribution is -0.384. The van der Waals surface area contributed by atoms with E-state index in [1.54, 1.807) is 12.1 Å². The Hall–Kier alpha value is -2.13. The summed E-state index contributed by atoms with van der Waals surface area (Å²) in [4.78, 5) is 10.4. The largest absolute Gasteiger partial charge is 0.391 e. The monoisotopic (exact) mass is 263 g/mol. The van der Waals surface area contributed by atoms with E-state index in [0.29, 0.717) is 12.3 Å². The van der Waals surface area contributed by atoms with Gasteiger partial charge in [-0.3, -0.25) is 10.1 Å². The third kappa shape index (κ3) is 4.23. The highest BCUT2D eigenvalue weighted by Crippen LogP contribution is 2.28. The quantitative estimate of drug-likeness (QED) is 0.606. The van der Waals surface area contributed by atoms with Crippen molar-refractivity contribution in [3.05, 3.63) is 33.9 Å². The highest BCUT2D eigenvalue weighted by molar-refractivity contribution is 5.68. The smallest absolute Gasteiger partial charge is 0.309 e. The third-order valence-corrected chi connectivity index (χ3v) is 2.61. The number of anilines is 1. The number of hydrogen-bond acceptors (Lipinski definition) is 5. The number of para-hydroxylation sites is 1. The molecule has 19 heavy (non-hydrogen) atoms. The van der Waals surface area contributed by atoms with Crippen molar-refractivity contribution in [2.24, 2.45) is 5.92 Å². The molecule has 1 unspecified atom stereocenters. The second-order valence-electron chi connectivity index (χ2n) is 4.73. The predicted octanol–water partition coefficient (Wildman–Crippen LogP) is 2.29. The lowest BCUT2D eigenvalue weighted by atomic mass is 10.1. The summed E-state index contributed by atoms with van der Waals surface area (Å²) in [5.74, 6) is 0.345. The van der Waals surface area contributed by atoms with Crippen LogP contribution in [0.4, 0.5) is 11.4 Å². The molecule has 0 spiro atoms. The Bertz CT molecular complexity index is 494. The van der Waals surface area contributed by atoms with Crippen LogP contribution in [0.5, 0.6) is 0 Å². The Labute approximate surface area is 111 Å². The lowest BCUT2D eigenvalue weighted by Gasteiger charge is -2.14. The zero-order valence-electron chi connectivity index (χ0n) is 11.0. The lowest BCUT2D eigenvalue weighted by Crippen LogP contribution is -2.21. The Balaban J connectivity index is 2.84. The van der Waals surface area contributed by atoms with E-state index in [-0.39, 0.29) is 23.5 Å². The summed E-state index contributed by atoms with van der Waals surface area (Å²) < 4.78 is 0. The highest BCUT2D eigenvalue weighted by Gasteiger charge is 2.19. The average molecular weight is 263 g/mol. The van der Waals surface area contributed by atoms with E-state index >= 15 is 0 Å². The first-order valence-corrected chi connectivity index (χ1v) is 6.05. The summed E-state index contributed by atoms with van der Waals surface area (Å²) in [6.07, 6.45) is 0.0315. The summed E-state index contributed by atoms with van der Waals surface area (Å²) in [5.41, 5.74) is 0.0157. The second kappa shape index (κ2) is 6.71. The van der Waals surface area contributed by atoms with Crippen LogP contribution in [0.2, 0.25) is 0 Å². The molecule has 0 aromatic heterocycles. The molecule has 1 aromatic carbocycles. The van der Waals surface area contributed by atoms with E-state index < -0.39 is 11.0 Å². The average Bonchev–Trinajstić information content (AvgIpc) is 2.34. The maximum absolute atomic E-state index is 11.0. The van der Waals surface area contributed by atoms with Crippen LogP contribution in [0.1, 0.15) is 25.8 Å². The summed E-state index contributed by atoms with van der Waals surface area (Å²) in [6, 6.07) is 6.29. The molecule has 6 heteroatoms. The molecule has 0 aliphatic carbocycles. The van der Waals surface area contributed by atoms with E-state index in [0.717, 1.165) is 0 Å². The van der Waals surface area contributed by atoms with Gasteiger partial charge in [0.25, 0.3) is 0 Å². The molecule has 1 aromatic rings. The number of nitrogens with zero attached hydrogens (tertiary/aromatic N) is 2. The fourth-order valence-electron chi connectivity index (χ4n) is 1.83. The predicted molar refractivity (Wildman–Crippen MR) is 71.8 cm³/mol.